The number of carboxylic acids is 1. The number of rotatable bonds is 2. The van der Waals surface area contributed by atoms with Crippen molar-refractivity contribution in [1.29, 1.82) is 0 Å². The maximum atomic E-state index is 13.4. The Kier molecular flexibility index (Phi) is 3.01. The first-order chi connectivity index (χ1) is 8.80. The second kappa shape index (κ2) is 4.38. The molecule has 19 heavy (non-hydrogen) atoms. The summed E-state index contributed by atoms with van der Waals surface area (Å²) in [6, 6.07) is 2.07. The number of aromatic carboxylic acids is 1. The Morgan fingerprint density at radius 3 is 2.53 bits per heavy atom. The molecule has 0 unspecified atom stereocenters. The number of alkyl halides is 3. The highest BCUT2D eigenvalue weighted by atomic mass is 19.4. The van der Waals surface area contributed by atoms with Gasteiger partial charge in [-0.2, -0.15) is 13.2 Å². The third kappa shape index (κ3) is 2.42. The molecular weight excluding hydrogens is 270 g/mol. The number of halogens is 4. The molecule has 0 saturated carbocycles. The third-order valence-electron chi connectivity index (χ3n) is 2.36. The topological polar surface area (TPSA) is 63.3 Å². The minimum Gasteiger partial charge on any atom is -0.476 e. The largest absolute Gasteiger partial charge is 0.476 e. The molecule has 0 aliphatic heterocycles. The Morgan fingerprint density at radius 2 is 2.00 bits per heavy atom. The molecule has 0 fully saturated rings. The lowest BCUT2D eigenvalue weighted by molar-refractivity contribution is -0.139. The van der Waals surface area contributed by atoms with Crippen molar-refractivity contribution in [2.24, 2.45) is 0 Å². The van der Waals surface area contributed by atoms with E-state index in [9.17, 15) is 22.4 Å². The van der Waals surface area contributed by atoms with E-state index in [0.717, 1.165) is 12.3 Å². The summed E-state index contributed by atoms with van der Waals surface area (Å²) >= 11 is 0. The van der Waals surface area contributed by atoms with Gasteiger partial charge in [0, 0.05) is 0 Å². The van der Waals surface area contributed by atoms with Crippen LogP contribution in [0.2, 0.25) is 0 Å². The standard InChI is InChI=1S/C11H5F4NO3/c12-8-3-5(1-2-7(8)11(13,14)15)6-4-19-16-9(6)10(17)18/h1-4H,(H,17,18). The van der Waals surface area contributed by atoms with Gasteiger partial charge < -0.3 is 9.63 Å². The van der Waals surface area contributed by atoms with Crippen LogP contribution in [0.4, 0.5) is 17.6 Å². The third-order valence-corrected chi connectivity index (χ3v) is 2.36. The molecule has 4 nitrogen and oxygen atoms in total. The van der Waals surface area contributed by atoms with Crippen LogP contribution in [0.5, 0.6) is 0 Å². The van der Waals surface area contributed by atoms with Gasteiger partial charge in [0.15, 0.2) is 5.69 Å². The van der Waals surface area contributed by atoms with E-state index in [1.54, 1.807) is 0 Å². The molecule has 1 aromatic heterocycles. The molecule has 1 aromatic carbocycles. The molecule has 0 radical (unpaired) electrons. The fourth-order valence-electron chi connectivity index (χ4n) is 1.51. The molecule has 100 valence electrons. The van der Waals surface area contributed by atoms with Gasteiger partial charge in [-0.05, 0) is 17.7 Å². The minimum absolute atomic E-state index is 0.0656. The van der Waals surface area contributed by atoms with Crippen LogP contribution in [0.3, 0.4) is 0 Å². The highest BCUT2D eigenvalue weighted by Crippen LogP contribution is 2.34. The molecule has 0 aliphatic carbocycles. The van der Waals surface area contributed by atoms with Crippen LogP contribution < -0.4 is 0 Å². The summed E-state index contributed by atoms with van der Waals surface area (Å²) in [5, 5.41) is 11.9. The Labute approximate surface area is 103 Å². The first kappa shape index (κ1) is 13.1. The van der Waals surface area contributed by atoms with Crippen molar-refractivity contribution in [2.75, 3.05) is 0 Å². The van der Waals surface area contributed by atoms with Crippen molar-refractivity contribution in [3.05, 3.63) is 41.5 Å². The predicted octanol–water partition coefficient (Wildman–Crippen LogP) is 3.20. The molecule has 2 rings (SSSR count). The van der Waals surface area contributed by atoms with E-state index in [1.807, 2.05) is 0 Å². The van der Waals surface area contributed by atoms with Gasteiger partial charge in [-0.25, -0.2) is 9.18 Å². The van der Waals surface area contributed by atoms with Crippen LogP contribution in [-0.2, 0) is 6.18 Å². The zero-order valence-corrected chi connectivity index (χ0v) is 9.03. The van der Waals surface area contributed by atoms with E-state index < -0.39 is 29.2 Å². The fourth-order valence-corrected chi connectivity index (χ4v) is 1.51. The summed E-state index contributed by atoms with van der Waals surface area (Å²) in [5.41, 5.74) is -2.09. The van der Waals surface area contributed by atoms with Crippen LogP contribution in [0.25, 0.3) is 11.1 Å². The summed E-state index contributed by atoms with van der Waals surface area (Å²) in [7, 11) is 0. The lowest BCUT2D eigenvalue weighted by Crippen LogP contribution is -2.08. The highest BCUT2D eigenvalue weighted by molar-refractivity contribution is 5.93. The maximum absolute atomic E-state index is 13.4. The van der Waals surface area contributed by atoms with Crippen LogP contribution in [0.1, 0.15) is 16.1 Å². The minimum atomic E-state index is -4.81. The fraction of sp³-hybridized carbons (Fsp3) is 0.0909. The van der Waals surface area contributed by atoms with Crippen LogP contribution in [-0.4, -0.2) is 16.2 Å². The highest BCUT2D eigenvalue weighted by Gasteiger charge is 2.34. The zero-order chi connectivity index (χ0) is 14.2. The quantitative estimate of drug-likeness (QED) is 0.855. The number of nitrogens with zero attached hydrogens (tertiary/aromatic N) is 1. The molecule has 0 saturated heterocycles. The van der Waals surface area contributed by atoms with Crippen molar-refractivity contribution < 1.29 is 32.0 Å². The van der Waals surface area contributed by atoms with Gasteiger partial charge in [-0.1, -0.05) is 11.2 Å². The zero-order valence-electron chi connectivity index (χ0n) is 9.03. The van der Waals surface area contributed by atoms with Crippen molar-refractivity contribution in [3.8, 4) is 11.1 Å². The lowest BCUT2D eigenvalue weighted by Gasteiger charge is -2.08. The summed E-state index contributed by atoms with van der Waals surface area (Å²) in [5.74, 6) is -2.92. The number of hydrogen-bond donors (Lipinski definition) is 1. The Morgan fingerprint density at radius 1 is 1.32 bits per heavy atom. The normalized spacial score (nSPS) is 11.6. The number of benzene rings is 1. The smallest absolute Gasteiger partial charge is 0.419 e. The maximum Gasteiger partial charge on any atom is 0.419 e. The van der Waals surface area contributed by atoms with E-state index in [-0.39, 0.29) is 11.1 Å². The lowest BCUT2D eigenvalue weighted by atomic mass is 10.0. The molecule has 0 atom stereocenters. The molecule has 8 heteroatoms. The molecule has 0 amide bonds. The van der Waals surface area contributed by atoms with Crippen LogP contribution in [0, 0.1) is 5.82 Å². The number of hydrogen-bond acceptors (Lipinski definition) is 3. The average molecular weight is 275 g/mol. The van der Waals surface area contributed by atoms with Crippen molar-refractivity contribution in [2.45, 2.75) is 6.18 Å². The molecule has 0 bridgehead atoms. The van der Waals surface area contributed by atoms with Gasteiger partial charge in [0.2, 0.25) is 0 Å². The van der Waals surface area contributed by atoms with Gasteiger partial charge in [-0.15, -0.1) is 0 Å². The Bertz CT molecular complexity index is 633. The van der Waals surface area contributed by atoms with Crippen molar-refractivity contribution >= 4 is 5.97 Å². The van der Waals surface area contributed by atoms with Crippen LogP contribution in [0.15, 0.2) is 29.0 Å². The molecule has 2 aromatic rings. The average Bonchev–Trinajstić information content (AvgIpc) is 2.75. The van der Waals surface area contributed by atoms with Gasteiger partial charge >= 0.3 is 12.1 Å². The Balaban J connectivity index is 2.51. The van der Waals surface area contributed by atoms with E-state index in [0.29, 0.717) is 12.1 Å². The van der Waals surface area contributed by atoms with Gasteiger partial charge in [0.05, 0.1) is 11.1 Å². The molecular formula is C11H5F4NO3. The molecule has 1 heterocycles. The summed E-state index contributed by atoms with van der Waals surface area (Å²) < 4.78 is 54.9. The van der Waals surface area contributed by atoms with E-state index in [2.05, 4.69) is 9.68 Å². The molecule has 1 N–H and O–H groups in total. The summed E-state index contributed by atoms with van der Waals surface area (Å²) in [6.07, 6.45) is -3.89. The van der Waals surface area contributed by atoms with E-state index >= 15 is 0 Å². The monoisotopic (exact) mass is 275 g/mol. The van der Waals surface area contributed by atoms with E-state index in [1.165, 1.54) is 0 Å². The first-order valence-corrected chi connectivity index (χ1v) is 4.85. The van der Waals surface area contributed by atoms with Crippen molar-refractivity contribution in [1.82, 2.24) is 5.16 Å². The van der Waals surface area contributed by atoms with Gasteiger partial charge in [-0.3, -0.25) is 0 Å². The molecule has 0 aliphatic rings. The number of carboxylic acid groups (broad SMARTS) is 1. The summed E-state index contributed by atoms with van der Waals surface area (Å²) in [4.78, 5) is 10.8. The van der Waals surface area contributed by atoms with Gasteiger partial charge in [0.1, 0.15) is 12.1 Å². The predicted molar refractivity (Wildman–Crippen MR) is 53.9 cm³/mol. The SMILES string of the molecule is O=C(O)c1nocc1-c1ccc(C(F)(F)F)c(F)c1. The first-order valence-electron chi connectivity index (χ1n) is 4.85. The van der Waals surface area contributed by atoms with Gasteiger partial charge in [0.25, 0.3) is 0 Å². The second-order valence-corrected chi connectivity index (χ2v) is 3.57. The van der Waals surface area contributed by atoms with Crippen molar-refractivity contribution in [3.63, 3.8) is 0 Å². The van der Waals surface area contributed by atoms with E-state index in [4.69, 9.17) is 5.11 Å². The summed E-state index contributed by atoms with van der Waals surface area (Å²) in [6.45, 7) is 0. The van der Waals surface area contributed by atoms with Crippen LogP contribution >= 0.6 is 0 Å². The second-order valence-electron chi connectivity index (χ2n) is 3.57. The number of aromatic nitrogens is 1. The Hall–Kier alpha value is -2.38. The number of carbonyl (C=O) groups is 1. The molecule has 0 spiro atoms.